The number of aryl methyl sites for hydroxylation is 1. The van der Waals surface area contributed by atoms with Crippen LogP contribution in [0.4, 0.5) is 5.69 Å². The van der Waals surface area contributed by atoms with E-state index in [1.807, 2.05) is 0 Å². The van der Waals surface area contributed by atoms with Crippen LogP contribution in [0.2, 0.25) is 0 Å². The summed E-state index contributed by atoms with van der Waals surface area (Å²) in [5.74, 6) is -1.14. The van der Waals surface area contributed by atoms with E-state index in [0.29, 0.717) is 29.9 Å². The van der Waals surface area contributed by atoms with Gasteiger partial charge in [0.2, 0.25) is 0 Å². The molecule has 0 fully saturated rings. The first kappa shape index (κ1) is 15.0. The van der Waals surface area contributed by atoms with Crippen LogP contribution in [-0.4, -0.2) is 36.8 Å². The molecule has 7 nitrogen and oxygen atoms in total. The van der Waals surface area contributed by atoms with Crippen molar-refractivity contribution in [3.05, 3.63) is 30.0 Å². The number of anilines is 1. The van der Waals surface area contributed by atoms with Crippen LogP contribution in [0.5, 0.6) is 0 Å². The Hall–Kier alpha value is -2.41. The van der Waals surface area contributed by atoms with E-state index in [1.165, 1.54) is 4.68 Å². The van der Waals surface area contributed by atoms with Crippen molar-refractivity contribution in [2.45, 2.75) is 32.4 Å². The zero-order valence-corrected chi connectivity index (χ0v) is 11.9. The zero-order chi connectivity index (χ0) is 15.6. The van der Waals surface area contributed by atoms with Gasteiger partial charge in [-0.2, -0.15) is 0 Å². The molecule has 0 spiro atoms. The number of benzene rings is 1. The number of hydrogen-bond donors (Lipinski definition) is 3. The smallest absolute Gasteiger partial charge is 0.358 e. The van der Waals surface area contributed by atoms with Crippen molar-refractivity contribution in [3.8, 4) is 11.3 Å². The van der Waals surface area contributed by atoms with Gasteiger partial charge >= 0.3 is 5.97 Å². The van der Waals surface area contributed by atoms with E-state index >= 15 is 0 Å². The monoisotopic (exact) mass is 290 g/mol. The second-order valence-corrected chi connectivity index (χ2v) is 5.50. The molecule has 1 aromatic heterocycles. The highest BCUT2D eigenvalue weighted by molar-refractivity contribution is 5.92. The molecule has 1 aromatic carbocycles. The molecule has 0 aliphatic carbocycles. The second kappa shape index (κ2) is 5.53. The third kappa shape index (κ3) is 3.57. The van der Waals surface area contributed by atoms with Crippen molar-refractivity contribution in [3.63, 3.8) is 0 Å². The highest BCUT2D eigenvalue weighted by Crippen LogP contribution is 2.24. The third-order valence-electron chi connectivity index (χ3n) is 3.06. The van der Waals surface area contributed by atoms with Gasteiger partial charge in [-0.25, -0.2) is 9.48 Å². The van der Waals surface area contributed by atoms with Crippen LogP contribution in [-0.2, 0) is 6.54 Å². The predicted octanol–water partition coefficient (Wildman–Crippen LogP) is 1.39. The molecule has 2 rings (SSSR count). The predicted molar refractivity (Wildman–Crippen MR) is 77.7 cm³/mol. The third-order valence-corrected chi connectivity index (χ3v) is 3.06. The number of carboxylic acids is 1. The summed E-state index contributed by atoms with van der Waals surface area (Å²) in [6.07, 6.45) is 0.428. The van der Waals surface area contributed by atoms with Gasteiger partial charge in [0.05, 0.1) is 5.60 Å². The van der Waals surface area contributed by atoms with Crippen LogP contribution >= 0.6 is 0 Å². The molecule has 0 unspecified atom stereocenters. The maximum Gasteiger partial charge on any atom is 0.358 e. The summed E-state index contributed by atoms with van der Waals surface area (Å²) >= 11 is 0. The molecule has 0 aliphatic rings. The molecule has 112 valence electrons. The number of nitrogens with two attached hydrogens (primary N) is 1. The molecule has 0 radical (unpaired) electrons. The highest BCUT2D eigenvalue weighted by Gasteiger charge is 2.22. The van der Waals surface area contributed by atoms with Crippen molar-refractivity contribution < 1.29 is 15.0 Å². The van der Waals surface area contributed by atoms with Crippen molar-refractivity contribution in [2.24, 2.45) is 0 Å². The molecular formula is C14H18N4O3. The molecule has 0 saturated carbocycles. The van der Waals surface area contributed by atoms with Gasteiger partial charge in [-0.15, -0.1) is 5.10 Å². The average molecular weight is 290 g/mol. The first-order valence-electron chi connectivity index (χ1n) is 6.53. The molecule has 0 atom stereocenters. The molecular weight excluding hydrogens is 272 g/mol. The molecule has 4 N–H and O–H groups in total. The lowest BCUT2D eigenvalue weighted by Gasteiger charge is -2.17. The quantitative estimate of drug-likeness (QED) is 0.717. The van der Waals surface area contributed by atoms with E-state index < -0.39 is 11.6 Å². The lowest BCUT2D eigenvalue weighted by atomic mass is 10.1. The number of nitrogens with zero attached hydrogens (tertiary/aromatic N) is 3. The summed E-state index contributed by atoms with van der Waals surface area (Å²) in [6, 6.07) is 6.82. The average Bonchev–Trinajstić information content (AvgIpc) is 2.80. The first-order valence-corrected chi connectivity index (χ1v) is 6.53. The molecule has 21 heavy (non-hydrogen) atoms. The van der Waals surface area contributed by atoms with Crippen molar-refractivity contribution in [1.29, 1.82) is 0 Å². The van der Waals surface area contributed by atoms with Crippen LogP contribution in [0.25, 0.3) is 11.3 Å². The van der Waals surface area contributed by atoms with Crippen LogP contribution < -0.4 is 5.73 Å². The topological polar surface area (TPSA) is 114 Å². The normalized spacial score (nSPS) is 11.6. The summed E-state index contributed by atoms with van der Waals surface area (Å²) in [5, 5.41) is 26.6. The Balaban J connectivity index is 2.42. The summed E-state index contributed by atoms with van der Waals surface area (Å²) in [4.78, 5) is 11.3. The number of aliphatic hydroxyl groups is 1. The Kier molecular flexibility index (Phi) is 3.95. The number of aromatic nitrogens is 3. The molecule has 7 heteroatoms. The number of nitrogen functional groups attached to an aromatic ring is 1. The number of aromatic carboxylic acids is 1. The maximum absolute atomic E-state index is 11.3. The van der Waals surface area contributed by atoms with Crippen molar-refractivity contribution in [1.82, 2.24) is 15.0 Å². The number of carboxylic acid groups (broad SMARTS) is 1. The lowest BCUT2D eigenvalue weighted by molar-refractivity contribution is 0.0650. The Bertz CT molecular complexity index is 641. The molecule has 0 bridgehead atoms. The minimum atomic E-state index is -1.14. The fourth-order valence-electron chi connectivity index (χ4n) is 1.92. The van der Waals surface area contributed by atoms with E-state index in [1.54, 1.807) is 38.1 Å². The van der Waals surface area contributed by atoms with E-state index in [2.05, 4.69) is 10.3 Å². The second-order valence-electron chi connectivity index (χ2n) is 5.50. The summed E-state index contributed by atoms with van der Waals surface area (Å²) < 4.78 is 1.49. The van der Waals surface area contributed by atoms with E-state index in [9.17, 15) is 15.0 Å². The zero-order valence-electron chi connectivity index (χ0n) is 11.9. The van der Waals surface area contributed by atoms with E-state index in [0.717, 1.165) is 0 Å². The Morgan fingerprint density at radius 3 is 2.48 bits per heavy atom. The van der Waals surface area contributed by atoms with Crippen LogP contribution in [0, 0.1) is 0 Å². The van der Waals surface area contributed by atoms with Gasteiger partial charge in [-0.05, 0) is 32.4 Å². The van der Waals surface area contributed by atoms with E-state index in [4.69, 9.17) is 5.73 Å². The van der Waals surface area contributed by atoms with Crippen molar-refractivity contribution in [2.75, 3.05) is 5.73 Å². The molecule has 0 amide bonds. The van der Waals surface area contributed by atoms with Crippen LogP contribution in [0.1, 0.15) is 30.8 Å². The number of hydrogen-bond acceptors (Lipinski definition) is 5. The van der Waals surface area contributed by atoms with Gasteiger partial charge in [0, 0.05) is 17.8 Å². The fraction of sp³-hybridized carbons (Fsp3) is 0.357. The SMILES string of the molecule is CC(C)(O)CCn1nnc(C(=O)O)c1-c1ccc(N)cc1. The fourth-order valence-corrected chi connectivity index (χ4v) is 1.92. The molecule has 0 aliphatic heterocycles. The van der Waals surface area contributed by atoms with Crippen molar-refractivity contribution >= 4 is 11.7 Å². The Morgan fingerprint density at radius 1 is 1.33 bits per heavy atom. The highest BCUT2D eigenvalue weighted by atomic mass is 16.4. The molecule has 2 aromatic rings. The minimum absolute atomic E-state index is 0.115. The van der Waals surface area contributed by atoms with Gasteiger partial charge in [-0.1, -0.05) is 17.3 Å². The van der Waals surface area contributed by atoms with Gasteiger partial charge in [0.25, 0.3) is 0 Å². The Labute approximate surface area is 122 Å². The lowest BCUT2D eigenvalue weighted by Crippen LogP contribution is -2.21. The first-order chi connectivity index (χ1) is 9.78. The van der Waals surface area contributed by atoms with Gasteiger partial charge in [-0.3, -0.25) is 0 Å². The van der Waals surface area contributed by atoms with Gasteiger partial charge in [0.1, 0.15) is 5.69 Å². The van der Waals surface area contributed by atoms with Gasteiger partial charge in [0.15, 0.2) is 5.69 Å². The maximum atomic E-state index is 11.3. The summed E-state index contributed by atoms with van der Waals surface area (Å²) in [5.41, 5.74) is 6.33. The number of carbonyl (C=O) groups is 1. The van der Waals surface area contributed by atoms with E-state index in [-0.39, 0.29) is 5.69 Å². The molecule has 1 heterocycles. The van der Waals surface area contributed by atoms with Crippen LogP contribution in [0.15, 0.2) is 24.3 Å². The summed E-state index contributed by atoms with van der Waals surface area (Å²) in [7, 11) is 0. The minimum Gasteiger partial charge on any atom is -0.476 e. The largest absolute Gasteiger partial charge is 0.476 e. The standard InChI is InChI=1S/C14H18N4O3/c1-14(2,21)7-8-18-12(11(13(19)20)16-17-18)9-3-5-10(15)6-4-9/h3-6,21H,7-8,15H2,1-2H3,(H,19,20). The number of rotatable bonds is 5. The van der Waals surface area contributed by atoms with Crippen LogP contribution in [0.3, 0.4) is 0 Å². The summed E-state index contributed by atoms with van der Waals surface area (Å²) in [6.45, 7) is 3.74. The molecule has 0 saturated heterocycles. The van der Waals surface area contributed by atoms with Gasteiger partial charge < -0.3 is 15.9 Å². The Morgan fingerprint density at radius 2 is 1.95 bits per heavy atom.